The number of benzene rings is 2. The van der Waals surface area contributed by atoms with Crippen LogP contribution in [-0.4, -0.2) is 23.0 Å². The number of carbonyl (C=O) groups is 1. The van der Waals surface area contributed by atoms with Crippen molar-refractivity contribution in [2.75, 3.05) is 7.11 Å². The molecule has 0 saturated carbocycles. The van der Waals surface area contributed by atoms with Gasteiger partial charge in [0.1, 0.15) is 11.5 Å². The highest BCUT2D eigenvalue weighted by Gasteiger charge is 2.19. The Labute approximate surface area is 145 Å². The molecule has 25 heavy (non-hydrogen) atoms. The van der Waals surface area contributed by atoms with Gasteiger partial charge in [-0.25, -0.2) is 9.48 Å². The van der Waals surface area contributed by atoms with E-state index >= 15 is 0 Å². The van der Waals surface area contributed by atoms with E-state index in [1.54, 1.807) is 36.1 Å². The van der Waals surface area contributed by atoms with Gasteiger partial charge in [-0.1, -0.05) is 18.2 Å². The van der Waals surface area contributed by atoms with Crippen molar-refractivity contribution < 1.29 is 19.0 Å². The molecule has 3 aromatic rings. The molecule has 3 rings (SSSR count). The van der Waals surface area contributed by atoms with Crippen molar-refractivity contribution in [2.24, 2.45) is 0 Å². The molecule has 128 valence electrons. The molecular formula is C19H18N2O4. The number of aromatic nitrogens is 2. The molecule has 0 bridgehead atoms. The number of para-hydroxylation sites is 1. The first-order valence-electron chi connectivity index (χ1n) is 7.74. The van der Waals surface area contributed by atoms with Crippen molar-refractivity contribution in [1.29, 1.82) is 0 Å². The second-order valence-corrected chi connectivity index (χ2v) is 5.39. The largest absolute Gasteiger partial charge is 0.520 e. The van der Waals surface area contributed by atoms with Gasteiger partial charge >= 0.3 is 6.16 Å². The summed E-state index contributed by atoms with van der Waals surface area (Å²) in [5, 5.41) is 4.43. The molecule has 6 nitrogen and oxygen atoms in total. The van der Waals surface area contributed by atoms with Crippen molar-refractivity contribution in [3.63, 3.8) is 0 Å². The summed E-state index contributed by atoms with van der Waals surface area (Å²) in [5.74, 6) is 1.38. The van der Waals surface area contributed by atoms with Gasteiger partial charge in [-0.05, 0) is 50.2 Å². The lowest BCUT2D eigenvalue weighted by molar-refractivity contribution is 0.148. The fourth-order valence-corrected chi connectivity index (χ4v) is 2.29. The first kappa shape index (κ1) is 16.6. The molecule has 1 aromatic heterocycles. The summed E-state index contributed by atoms with van der Waals surface area (Å²) >= 11 is 0. The van der Waals surface area contributed by atoms with Gasteiger partial charge in [0.15, 0.2) is 0 Å². The van der Waals surface area contributed by atoms with E-state index in [1.807, 2.05) is 44.2 Å². The smallest absolute Gasteiger partial charge is 0.497 e. The summed E-state index contributed by atoms with van der Waals surface area (Å²) in [5.41, 5.74) is 2.34. The Morgan fingerprint density at radius 2 is 1.56 bits per heavy atom. The molecule has 2 aromatic carbocycles. The third-order valence-corrected chi connectivity index (χ3v) is 3.75. The lowest BCUT2D eigenvalue weighted by Gasteiger charge is -2.09. The minimum atomic E-state index is -0.828. The Balaban J connectivity index is 1.81. The van der Waals surface area contributed by atoms with Crippen LogP contribution in [0, 0.1) is 13.8 Å². The minimum Gasteiger partial charge on any atom is -0.497 e. The number of hydrogen-bond acceptors (Lipinski definition) is 5. The summed E-state index contributed by atoms with van der Waals surface area (Å²) in [4.78, 5) is 12.2. The van der Waals surface area contributed by atoms with Crippen LogP contribution in [0.2, 0.25) is 0 Å². The van der Waals surface area contributed by atoms with E-state index in [0.29, 0.717) is 17.4 Å². The number of aryl methyl sites for hydroxylation is 1. The van der Waals surface area contributed by atoms with Crippen molar-refractivity contribution in [3.8, 4) is 23.1 Å². The van der Waals surface area contributed by atoms with Gasteiger partial charge in [0.2, 0.25) is 5.88 Å². The van der Waals surface area contributed by atoms with Gasteiger partial charge in [-0.2, -0.15) is 5.10 Å². The maximum Gasteiger partial charge on any atom is 0.520 e. The van der Waals surface area contributed by atoms with E-state index in [-0.39, 0.29) is 0 Å². The van der Waals surface area contributed by atoms with Crippen LogP contribution in [0.15, 0.2) is 54.6 Å². The first-order chi connectivity index (χ1) is 12.1. The molecule has 0 aliphatic carbocycles. The fraction of sp³-hybridized carbons (Fsp3) is 0.158. The predicted molar refractivity (Wildman–Crippen MR) is 92.7 cm³/mol. The van der Waals surface area contributed by atoms with Gasteiger partial charge in [0.05, 0.1) is 18.5 Å². The van der Waals surface area contributed by atoms with E-state index in [2.05, 4.69) is 5.10 Å². The van der Waals surface area contributed by atoms with Gasteiger partial charge in [-0.3, -0.25) is 0 Å². The first-order valence-corrected chi connectivity index (χ1v) is 7.74. The topological polar surface area (TPSA) is 62.6 Å². The summed E-state index contributed by atoms with van der Waals surface area (Å²) in [7, 11) is 1.57. The molecule has 0 aliphatic heterocycles. The standard InChI is InChI=1S/C19H18N2O4/c1-13-14(2)20-21(15-7-5-4-6-8-15)18(13)25-19(22)24-17-11-9-16(23-3)10-12-17/h4-12H,1-3H3. The molecule has 0 radical (unpaired) electrons. The minimum absolute atomic E-state index is 0.335. The lowest BCUT2D eigenvalue weighted by Crippen LogP contribution is -2.16. The Hall–Kier alpha value is -3.28. The average Bonchev–Trinajstić information content (AvgIpc) is 2.91. The molecule has 0 aliphatic rings. The molecule has 0 unspecified atom stereocenters. The highest BCUT2D eigenvalue weighted by atomic mass is 16.7. The number of hydrogen-bond donors (Lipinski definition) is 0. The molecule has 0 amide bonds. The average molecular weight is 338 g/mol. The summed E-state index contributed by atoms with van der Waals surface area (Å²) in [6.45, 7) is 3.70. The van der Waals surface area contributed by atoms with Crippen molar-refractivity contribution in [1.82, 2.24) is 9.78 Å². The van der Waals surface area contributed by atoms with Crippen LogP contribution < -0.4 is 14.2 Å². The summed E-state index contributed by atoms with van der Waals surface area (Å²) in [6.07, 6.45) is -0.828. The van der Waals surface area contributed by atoms with E-state index in [0.717, 1.165) is 16.9 Å². The SMILES string of the molecule is COc1ccc(OC(=O)Oc2c(C)c(C)nn2-c2ccccc2)cc1. The molecule has 0 fully saturated rings. The highest BCUT2D eigenvalue weighted by molar-refractivity contribution is 5.67. The zero-order valence-corrected chi connectivity index (χ0v) is 14.2. The monoisotopic (exact) mass is 338 g/mol. The number of methoxy groups -OCH3 is 1. The summed E-state index contributed by atoms with van der Waals surface area (Å²) < 4.78 is 17.3. The maximum absolute atomic E-state index is 12.2. The van der Waals surface area contributed by atoms with Crippen molar-refractivity contribution in [2.45, 2.75) is 13.8 Å². The van der Waals surface area contributed by atoms with Crippen LogP contribution >= 0.6 is 0 Å². The Kier molecular flexibility index (Phi) is 4.70. The summed E-state index contributed by atoms with van der Waals surface area (Å²) in [6, 6.07) is 16.1. The number of rotatable bonds is 4. The van der Waals surface area contributed by atoms with Gasteiger partial charge in [0, 0.05) is 5.56 Å². The molecule has 0 spiro atoms. The van der Waals surface area contributed by atoms with Crippen LogP contribution in [0.4, 0.5) is 4.79 Å². The second kappa shape index (κ2) is 7.09. The quantitative estimate of drug-likeness (QED) is 0.530. The van der Waals surface area contributed by atoms with Gasteiger partial charge in [0.25, 0.3) is 0 Å². The third-order valence-electron chi connectivity index (χ3n) is 3.75. The number of nitrogens with zero attached hydrogens (tertiary/aromatic N) is 2. The molecular weight excluding hydrogens is 320 g/mol. The lowest BCUT2D eigenvalue weighted by atomic mass is 10.3. The molecule has 0 saturated heterocycles. The van der Waals surface area contributed by atoms with E-state index < -0.39 is 6.16 Å². The number of ether oxygens (including phenoxy) is 3. The predicted octanol–water partition coefficient (Wildman–Crippen LogP) is 4.08. The number of carbonyl (C=O) groups excluding carboxylic acids is 1. The van der Waals surface area contributed by atoms with Crippen LogP contribution in [0.3, 0.4) is 0 Å². The van der Waals surface area contributed by atoms with E-state index in [1.165, 1.54) is 0 Å². The molecule has 0 atom stereocenters. The Morgan fingerprint density at radius 3 is 2.20 bits per heavy atom. The second-order valence-electron chi connectivity index (χ2n) is 5.39. The third kappa shape index (κ3) is 3.63. The Morgan fingerprint density at radius 1 is 0.920 bits per heavy atom. The van der Waals surface area contributed by atoms with E-state index in [9.17, 15) is 4.79 Å². The zero-order valence-electron chi connectivity index (χ0n) is 14.2. The van der Waals surface area contributed by atoms with Gasteiger partial charge in [-0.15, -0.1) is 0 Å². The van der Waals surface area contributed by atoms with Crippen LogP contribution in [0.5, 0.6) is 17.4 Å². The fourth-order valence-electron chi connectivity index (χ4n) is 2.29. The normalized spacial score (nSPS) is 10.4. The molecule has 1 heterocycles. The van der Waals surface area contributed by atoms with Crippen molar-refractivity contribution >= 4 is 6.16 Å². The van der Waals surface area contributed by atoms with Crippen LogP contribution in [0.1, 0.15) is 11.3 Å². The maximum atomic E-state index is 12.2. The molecule has 6 heteroatoms. The molecule has 0 N–H and O–H groups in total. The zero-order chi connectivity index (χ0) is 17.8. The highest BCUT2D eigenvalue weighted by Crippen LogP contribution is 2.26. The Bertz CT molecular complexity index is 870. The van der Waals surface area contributed by atoms with Gasteiger partial charge < -0.3 is 14.2 Å². The van der Waals surface area contributed by atoms with Crippen LogP contribution in [-0.2, 0) is 0 Å². The van der Waals surface area contributed by atoms with Crippen LogP contribution in [0.25, 0.3) is 5.69 Å². The van der Waals surface area contributed by atoms with Crippen molar-refractivity contribution in [3.05, 3.63) is 65.9 Å². The van der Waals surface area contributed by atoms with E-state index in [4.69, 9.17) is 14.2 Å².